The average molecular weight is 371 g/mol. The number of nitrogens with one attached hydrogen (secondary N) is 2. The maximum Gasteiger partial charge on any atom is 0.236 e. The van der Waals surface area contributed by atoms with E-state index in [9.17, 15) is 8.42 Å². The van der Waals surface area contributed by atoms with Crippen molar-refractivity contribution in [1.82, 2.24) is 5.32 Å². The lowest BCUT2D eigenvalue weighted by molar-refractivity contribution is 0.579. The number of hydrogen-bond acceptors (Lipinski definition) is 3. The lowest BCUT2D eigenvalue weighted by atomic mass is 10.1. The summed E-state index contributed by atoms with van der Waals surface area (Å²) in [6.07, 6.45) is 0. The molecule has 0 aromatic heterocycles. The van der Waals surface area contributed by atoms with Gasteiger partial charge in [0.15, 0.2) is 0 Å². The molecule has 0 saturated carbocycles. The van der Waals surface area contributed by atoms with Crippen LogP contribution >= 0.6 is 15.9 Å². The van der Waals surface area contributed by atoms with E-state index >= 15 is 0 Å². The SMILES string of the molecule is CCNCC(C)S(=O)(=O)Nc1ccc(Br)c2ccccc12. The van der Waals surface area contributed by atoms with Crippen LogP contribution in [0, 0.1) is 0 Å². The van der Waals surface area contributed by atoms with Gasteiger partial charge >= 0.3 is 0 Å². The number of anilines is 1. The number of sulfonamides is 1. The fourth-order valence-corrected chi connectivity index (χ4v) is 3.56. The van der Waals surface area contributed by atoms with Gasteiger partial charge in [0.05, 0.1) is 10.9 Å². The maximum absolute atomic E-state index is 12.4. The molecule has 0 aliphatic rings. The topological polar surface area (TPSA) is 58.2 Å². The zero-order valence-corrected chi connectivity index (χ0v) is 14.5. The third-order valence-corrected chi connectivity index (χ3v) is 5.76. The molecule has 1 atom stereocenters. The first-order chi connectivity index (χ1) is 9.95. The standard InChI is InChI=1S/C15H19BrN2O2S/c1-3-17-10-11(2)21(19,20)18-15-9-8-14(16)12-6-4-5-7-13(12)15/h4-9,11,17-18H,3,10H2,1-2H3. The molecule has 2 aromatic rings. The third kappa shape index (κ3) is 3.75. The molecule has 0 fully saturated rings. The van der Waals surface area contributed by atoms with E-state index in [0.29, 0.717) is 12.2 Å². The van der Waals surface area contributed by atoms with Crippen LogP contribution in [-0.2, 0) is 10.0 Å². The van der Waals surface area contributed by atoms with Gasteiger partial charge in [-0.15, -0.1) is 0 Å². The zero-order valence-electron chi connectivity index (χ0n) is 12.1. The Labute approximate surface area is 134 Å². The van der Waals surface area contributed by atoms with Crippen molar-refractivity contribution in [3.05, 3.63) is 40.9 Å². The number of rotatable bonds is 6. The van der Waals surface area contributed by atoms with Crippen LogP contribution in [-0.4, -0.2) is 26.8 Å². The molecule has 0 aliphatic carbocycles. The molecule has 6 heteroatoms. The second-order valence-electron chi connectivity index (χ2n) is 4.91. The Morgan fingerprint density at radius 1 is 1.14 bits per heavy atom. The molecule has 0 radical (unpaired) electrons. The van der Waals surface area contributed by atoms with Crippen LogP contribution in [0.1, 0.15) is 13.8 Å². The van der Waals surface area contributed by atoms with Gasteiger partial charge in [0.1, 0.15) is 0 Å². The van der Waals surface area contributed by atoms with Crippen molar-refractivity contribution in [1.29, 1.82) is 0 Å². The van der Waals surface area contributed by atoms with Gasteiger partial charge in [-0.1, -0.05) is 47.1 Å². The average Bonchev–Trinajstić information content (AvgIpc) is 2.48. The van der Waals surface area contributed by atoms with Crippen LogP contribution in [0.4, 0.5) is 5.69 Å². The molecule has 0 heterocycles. The Morgan fingerprint density at radius 3 is 2.48 bits per heavy atom. The minimum Gasteiger partial charge on any atom is -0.316 e. The van der Waals surface area contributed by atoms with Crippen molar-refractivity contribution in [3.8, 4) is 0 Å². The molecular formula is C15H19BrN2O2S. The summed E-state index contributed by atoms with van der Waals surface area (Å²) in [6.45, 7) is 4.84. The molecule has 4 nitrogen and oxygen atoms in total. The van der Waals surface area contributed by atoms with Crippen molar-refractivity contribution in [2.24, 2.45) is 0 Å². The van der Waals surface area contributed by atoms with Gasteiger partial charge in [0.2, 0.25) is 10.0 Å². The van der Waals surface area contributed by atoms with E-state index < -0.39 is 15.3 Å². The highest BCUT2D eigenvalue weighted by atomic mass is 79.9. The fraction of sp³-hybridized carbons (Fsp3) is 0.333. The summed E-state index contributed by atoms with van der Waals surface area (Å²) in [6, 6.07) is 11.3. The zero-order chi connectivity index (χ0) is 15.5. The molecule has 21 heavy (non-hydrogen) atoms. The Bertz CT molecular complexity index is 732. The number of benzene rings is 2. The summed E-state index contributed by atoms with van der Waals surface area (Å²) in [5, 5.41) is 4.42. The molecule has 0 spiro atoms. The largest absolute Gasteiger partial charge is 0.316 e. The molecular weight excluding hydrogens is 352 g/mol. The molecule has 0 bridgehead atoms. The van der Waals surface area contributed by atoms with E-state index in [2.05, 4.69) is 26.0 Å². The Hall–Kier alpha value is -1.11. The summed E-state index contributed by atoms with van der Waals surface area (Å²) >= 11 is 3.49. The predicted molar refractivity (Wildman–Crippen MR) is 92.2 cm³/mol. The summed E-state index contributed by atoms with van der Waals surface area (Å²) in [5.74, 6) is 0. The molecule has 0 saturated heterocycles. The second kappa shape index (κ2) is 6.77. The van der Waals surface area contributed by atoms with E-state index in [1.165, 1.54) is 0 Å². The summed E-state index contributed by atoms with van der Waals surface area (Å²) in [7, 11) is -3.42. The van der Waals surface area contributed by atoms with Gasteiger partial charge < -0.3 is 5.32 Å². The fourth-order valence-electron chi connectivity index (χ4n) is 2.06. The number of fused-ring (bicyclic) bond motifs is 1. The van der Waals surface area contributed by atoms with Crippen molar-refractivity contribution < 1.29 is 8.42 Å². The highest BCUT2D eigenvalue weighted by Gasteiger charge is 2.21. The van der Waals surface area contributed by atoms with Crippen molar-refractivity contribution in [2.75, 3.05) is 17.8 Å². The quantitative estimate of drug-likeness (QED) is 0.819. The lowest BCUT2D eigenvalue weighted by Gasteiger charge is -2.16. The minimum absolute atomic E-state index is 0.431. The predicted octanol–water partition coefficient (Wildman–Crippen LogP) is 3.34. The highest BCUT2D eigenvalue weighted by Crippen LogP contribution is 2.30. The molecule has 0 aliphatic heterocycles. The number of halogens is 1. The van der Waals surface area contributed by atoms with E-state index in [1.807, 2.05) is 37.3 Å². The first kappa shape index (κ1) is 16.3. The number of hydrogen-bond donors (Lipinski definition) is 2. The monoisotopic (exact) mass is 370 g/mol. The van der Waals surface area contributed by atoms with Gasteiger partial charge in [-0.25, -0.2) is 8.42 Å². The van der Waals surface area contributed by atoms with Crippen LogP contribution in [0.15, 0.2) is 40.9 Å². The van der Waals surface area contributed by atoms with Crippen molar-refractivity contribution in [2.45, 2.75) is 19.1 Å². The highest BCUT2D eigenvalue weighted by molar-refractivity contribution is 9.10. The Morgan fingerprint density at radius 2 is 1.81 bits per heavy atom. The van der Waals surface area contributed by atoms with Crippen LogP contribution in [0.25, 0.3) is 10.8 Å². The molecule has 0 amide bonds. The van der Waals surface area contributed by atoms with Crippen LogP contribution < -0.4 is 10.0 Å². The van der Waals surface area contributed by atoms with Crippen molar-refractivity contribution >= 4 is 42.4 Å². The van der Waals surface area contributed by atoms with E-state index in [-0.39, 0.29) is 0 Å². The van der Waals surface area contributed by atoms with Crippen LogP contribution in [0.3, 0.4) is 0 Å². The maximum atomic E-state index is 12.4. The summed E-state index contributed by atoms with van der Waals surface area (Å²) in [4.78, 5) is 0. The van der Waals surface area contributed by atoms with Crippen molar-refractivity contribution in [3.63, 3.8) is 0 Å². The van der Waals surface area contributed by atoms with E-state index in [1.54, 1.807) is 13.0 Å². The third-order valence-electron chi connectivity index (χ3n) is 3.33. The van der Waals surface area contributed by atoms with Gasteiger partial charge in [-0.2, -0.15) is 0 Å². The minimum atomic E-state index is -3.42. The second-order valence-corrected chi connectivity index (χ2v) is 7.86. The van der Waals surface area contributed by atoms with Gasteiger partial charge in [-0.3, -0.25) is 4.72 Å². The molecule has 114 valence electrons. The summed E-state index contributed by atoms with van der Waals surface area (Å²) in [5.41, 5.74) is 0.608. The van der Waals surface area contributed by atoms with E-state index in [0.717, 1.165) is 21.8 Å². The van der Waals surface area contributed by atoms with Gasteiger partial charge in [0, 0.05) is 16.4 Å². The molecule has 2 rings (SSSR count). The lowest BCUT2D eigenvalue weighted by Crippen LogP contribution is -2.34. The molecule has 2 aromatic carbocycles. The molecule has 2 N–H and O–H groups in total. The van der Waals surface area contributed by atoms with Gasteiger partial charge in [0.25, 0.3) is 0 Å². The first-order valence-electron chi connectivity index (χ1n) is 6.85. The van der Waals surface area contributed by atoms with Crippen LogP contribution in [0.5, 0.6) is 0 Å². The van der Waals surface area contributed by atoms with Crippen LogP contribution in [0.2, 0.25) is 0 Å². The normalized spacial score (nSPS) is 13.3. The van der Waals surface area contributed by atoms with E-state index in [4.69, 9.17) is 0 Å². The Kier molecular flexibility index (Phi) is 5.24. The summed E-state index contributed by atoms with van der Waals surface area (Å²) < 4.78 is 28.4. The van der Waals surface area contributed by atoms with Gasteiger partial charge in [-0.05, 0) is 31.0 Å². The molecule has 1 unspecified atom stereocenters. The smallest absolute Gasteiger partial charge is 0.236 e. The first-order valence-corrected chi connectivity index (χ1v) is 9.19. The Balaban J connectivity index is 2.34.